The van der Waals surface area contributed by atoms with Gasteiger partial charge in [-0.3, -0.25) is 4.79 Å². The van der Waals surface area contributed by atoms with Crippen LogP contribution in [0, 0.1) is 5.92 Å². The molecule has 0 saturated carbocycles. The van der Waals surface area contributed by atoms with Gasteiger partial charge in [0.05, 0.1) is 11.3 Å². The summed E-state index contributed by atoms with van der Waals surface area (Å²) in [6.07, 6.45) is -3.85. The predicted octanol–water partition coefficient (Wildman–Crippen LogP) is 4.89. The second-order valence-electron chi connectivity index (χ2n) is 7.27. The Hall–Kier alpha value is -3.03. The van der Waals surface area contributed by atoms with Crippen molar-refractivity contribution >= 4 is 23.3 Å². The van der Waals surface area contributed by atoms with Crippen LogP contribution < -0.4 is 10.6 Å². The number of urea groups is 1. The van der Waals surface area contributed by atoms with Crippen molar-refractivity contribution in [2.24, 2.45) is 5.92 Å². The maximum absolute atomic E-state index is 13.1. The van der Waals surface area contributed by atoms with Gasteiger partial charge in [0.1, 0.15) is 0 Å². The number of alkyl halides is 3. The van der Waals surface area contributed by atoms with Crippen molar-refractivity contribution in [1.29, 1.82) is 0 Å². The summed E-state index contributed by atoms with van der Waals surface area (Å²) in [7, 11) is 0. The van der Waals surface area contributed by atoms with Crippen molar-refractivity contribution in [2.45, 2.75) is 33.0 Å². The Kier molecular flexibility index (Phi) is 5.81. The molecule has 2 N–H and O–H groups in total. The minimum absolute atomic E-state index is 0.0653. The normalized spacial score (nSPS) is 13.8. The average molecular weight is 405 g/mol. The summed E-state index contributed by atoms with van der Waals surface area (Å²) in [6.45, 7) is 4.78. The quantitative estimate of drug-likeness (QED) is 0.764. The van der Waals surface area contributed by atoms with E-state index in [1.165, 1.54) is 18.2 Å². The van der Waals surface area contributed by atoms with E-state index in [0.29, 0.717) is 18.8 Å². The number of fused-ring (bicyclic) bond motifs is 1. The van der Waals surface area contributed by atoms with E-state index in [0.717, 1.165) is 23.6 Å². The van der Waals surface area contributed by atoms with Crippen molar-refractivity contribution in [2.75, 3.05) is 17.2 Å². The maximum atomic E-state index is 13.1. The minimum Gasteiger partial charge on any atom is -0.338 e. The summed E-state index contributed by atoms with van der Waals surface area (Å²) in [5, 5.41) is 4.82. The van der Waals surface area contributed by atoms with E-state index in [1.54, 1.807) is 17.0 Å². The summed E-state index contributed by atoms with van der Waals surface area (Å²) < 4.78 is 39.2. The summed E-state index contributed by atoms with van der Waals surface area (Å²) >= 11 is 0. The lowest BCUT2D eigenvalue weighted by Gasteiger charge is -2.30. The van der Waals surface area contributed by atoms with Crippen LogP contribution in [0.25, 0.3) is 0 Å². The summed E-state index contributed by atoms with van der Waals surface area (Å²) in [4.78, 5) is 26.3. The van der Waals surface area contributed by atoms with Crippen molar-refractivity contribution in [1.82, 2.24) is 4.90 Å². The zero-order chi connectivity index (χ0) is 21.2. The molecule has 0 aliphatic carbocycles. The Labute approximate surface area is 166 Å². The van der Waals surface area contributed by atoms with Crippen LogP contribution in [0.15, 0.2) is 42.5 Å². The molecule has 0 atom stereocenters. The number of halogens is 3. The Bertz CT molecular complexity index is 926. The molecule has 0 unspecified atom stereocenters. The second kappa shape index (κ2) is 8.14. The number of amides is 3. The molecule has 29 heavy (non-hydrogen) atoms. The van der Waals surface area contributed by atoms with Crippen molar-refractivity contribution in [3.8, 4) is 0 Å². The number of rotatable bonds is 3. The van der Waals surface area contributed by atoms with Crippen LogP contribution in [0.4, 0.5) is 29.3 Å². The van der Waals surface area contributed by atoms with Gasteiger partial charge < -0.3 is 15.5 Å². The van der Waals surface area contributed by atoms with Gasteiger partial charge in [-0.05, 0) is 41.8 Å². The highest BCUT2D eigenvalue weighted by molar-refractivity contribution is 6.00. The molecule has 0 fully saturated rings. The lowest BCUT2D eigenvalue weighted by molar-refractivity contribution is -0.137. The molecule has 5 nitrogen and oxygen atoms in total. The number of carbonyl (C=O) groups is 2. The van der Waals surface area contributed by atoms with E-state index < -0.39 is 17.8 Å². The van der Waals surface area contributed by atoms with Gasteiger partial charge in [-0.2, -0.15) is 13.2 Å². The van der Waals surface area contributed by atoms with Gasteiger partial charge in [0, 0.05) is 24.7 Å². The molecule has 0 saturated heterocycles. The van der Waals surface area contributed by atoms with Crippen molar-refractivity contribution in [3.05, 3.63) is 59.2 Å². The topological polar surface area (TPSA) is 61.4 Å². The zero-order valence-corrected chi connectivity index (χ0v) is 16.1. The molecule has 154 valence electrons. The molecule has 0 aromatic heterocycles. The first kappa shape index (κ1) is 20.7. The molecule has 8 heteroatoms. The van der Waals surface area contributed by atoms with Gasteiger partial charge in [-0.25, -0.2) is 4.79 Å². The van der Waals surface area contributed by atoms with Gasteiger partial charge in [0.25, 0.3) is 0 Å². The number of nitrogens with one attached hydrogen (secondary N) is 2. The third-order valence-corrected chi connectivity index (χ3v) is 4.76. The molecule has 3 rings (SSSR count). The van der Waals surface area contributed by atoms with Crippen LogP contribution in [-0.2, 0) is 23.9 Å². The van der Waals surface area contributed by atoms with Gasteiger partial charge in [-0.15, -0.1) is 0 Å². The summed E-state index contributed by atoms with van der Waals surface area (Å²) in [5.74, 6) is -0.0344. The number of carbonyl (C=O) groups excluding carboxylic acids is 2. The fourth-order valence-corrected chi connectivity index (χ4v) is 3.31. The number of hydrogen-bond acceptors (Lipinski definition) is 2. The standard InChI is InChI=1S/C21H22F3N3O2/c1-13(2)19(28)27-10-9-14-7-8-16(11-15(14)12-27)25-20(29)26-18-6-4-3-5-17(18)21(22,23)24/h3-8,11,13H,9-10,12H2,1-2H3,(H2,25,26,29). The number of nitrogens with zero attached hydrogens (tertiary/aromatic N) is 1. The molecule has 0 radical (unpaired) electrons. The number of anilines is 2. The van der Waals surface area contributed by atoms with Gasteiger partial charge in [0.15, 0.2) is 0 Å². The predicted molar refractivity (Wildman–Crippen MR) is 104 cm³/mol. The Morgan fingerprint density at radius 3 is 2.45 bits per heavy atom. The number of benzene rings is 2. The lowest BCUT2D eigenvalue weighted by Crippen LogP contribution is -2.38. The largest absolute Gasteiger partial charge is 0.418 e. The third-order valence-electron chi connectivity index (χ3n) is 4.76. The smallest absolute Gasteiger partial charge is 0.338 e. The fourth-order valence-electron chi connectivity index (χ4n) is 3.31. The van der Waals surface area contributed by atoms with E-state index in [2.05, 4.69) is 10.6 Å². The minimum atomic E-state index is -4.57. The van der Waals surface area contributed by atoms with E-state index in [4.69, 9.17) is 0 Å². The van der Waals surface area contributed by atoms with Crippen LogP contribution in [0.5, 0.6) is 0 Å². The molecule has 1 aliphatic heterocycles. The van der Waals surface area contributed by atoms with Gasteiger partial charge in [-0.1, -0.05) is 32.0 Å². The van der Waals surface area contributed by atoms with Crippen LogP contribution in [-0.4, -0.2) is 23.4 Å². The molecule has 3 amide bonds. The van der Waals surface area contributed by atoms with E-state index in [1.807, 2.05) is 19.9 Å². The maximum Gasteiger partial charge on any atom is 0.418 e. The Morgan fingerprint density at radius 1 is 1.03 bits per heavy atom. The zero-order valence-electron chi connectivity index (χ0n) is 16.1. The number of para-hydroxylation sites is 1. The van der Waals surface area contributed by atoms with Crippen molar-refractivity contribution in [3.63, 3.8) is 0 Å². The molecule has 2 aromatic rings. The molecule has 1 aliphatic rings. The van der Waals surface area contributed by atoms with E-state index in [-0.39, 0.29) is 17.5 Å². The van der Waals surface area contributed by atoms with Crippen LogP contribution in [0.1, 0.15) is 30.5 Å². The monoisotopic (exact) mass is 405 g/mol. The highest BCUT2D eigenvalue weighted by Gasteiger charge is 2.33. The van der Waals surface area contributed by atoms with Crippen LogP contribution in [0.2, 0.25) is 0 Å². The SMILES string of the molecule is CC(C)C(=O)N1CCc2ccc(NC(=O)Nc3ccccc3C(F)(F)F)cc2C1. The first-order valence-corrected chi connectivity index (χ1v) is 9.30. The summed E-state index contributed by atoms with van der Waals surface area (Å²) in [6, 6.07) is 9.35. The number of hydrogen-bond donors (Lipinski definition) is 2. The summed E-state index contributed by atoms with van der Waals surface area (Å²) in [5.41, 5.74) is 1.22. The van der Waals surface area contributed by atoms with Crippen LogP contribution in [0.3, 0.4) is 0 Å². The Balaban J connectivity index is 1.72. The first-order valence-electron chi connectivity index (χ1n) is 9.30. The van der Waals surface area contributed by atoms with Gasteiger partial charge in [0.2, 0.25) is 5.91 Å². The highest BCUT2D eigenvalue weighted by Crippen LogP contribution is 2.34. The first-order chi connectivity index (χ1) is 13.6. The molecular weight excluding hydrogens is 383 g/mol. The lowest BCUT2D eigenvalue weighted by atomic mass is 9.98. The van der Waals surface area contributed by atoms with Crippen molar-refractivity contribution < 1.29 is 22.8 Å². The van der Waals surface area contributed by atoms with Gasteiger partial charge >= 0.3 is 12.2 Å². The highest BCUT2D eigenvalue weighted by atomic mass is 19.4. The molecule has 2 aromatic carbocycles. The molecule has 1 heterocycles. The van der Waals surface area contributed by atoms with E-state index >= 15 is 0 Å². The van der Waals surface area contributed by atoms with E-state index in [9.17, 15) is 22.8 Å². The molecule has 0 bridgehead atoms. The third kappa shape index (κ3) is 4.88. The Morgan fingerprint density at radius 2 is 1.76 bits per heavy atom. The van der Waals surface area contributed by atoms with Crippen LogP contribution >= 0.6 is 0 Å². The molecular formula is C21H22F3N3O2. The second-order valence-corrected chi connectivity index (χ2v) is 7.27. The fraction of sp³-hybridized carbons (Fsp3) is 0.333. The molecule has 0 spiro atoms. The average Bonchev–Trinajstić information content (AvgIpc) is 2.66.